The molecule has 0 aromatic heterocycles. The number of anilines is 2. The zero-order valence-electron chi connectivity index (χ0n) is 13.0. The molecule has 0 atom stereocenters. The lowest BCUT2D eigenvalue weighted by atomic mass is 9.89. The van der Waals surface area contributed by atoms with E-state index in [0.717, 1.165) is 24.9 Å². The van der Waals surface area contributed by atoms with E-state index in [2.05, 4.69) is 26.1 Å². The SMILES string of the molecule is CCOC(=O)c1ccc(N)c(NC(CC)(CC)CC)c1. The van der Waals surface area contributed by atoms with E-state index in [1.807, 2.05) is 0 Å². The molecule has 20 heavy (non-hydrogen) atoms. The number of nitrogens with two attached hydrogens (primary N) is 1. The van der Waals surface area contributed by atoms with Crippen LogP contribution in [0.5, 0.6) is 0 Å². The Labute approximate surface area is 121 Å². The van der Waals surface area contributed by atoms with Crippen molar-refractivity contribution in [3.05, 3.63) is 23.8 Å². The van der Waals surface area contributed by atoms with Gasteiger partial charge >= 0.3 is 5.97 Å². The molecular formula is C16H26N2O2. The van der Waals surface area contributed by atoms with Gasteiger partial charge in [0.2, 0.25) is 0 Å². The number of carbonyl (C=O) groups excluding carboxylic acids is 1. The van der Waals surface area contributed by atoms with Gasteiger partial charge in [0.25, 0.3) is 0 Å². The maximum Gasteiger partial charge on any atom is 0.338 e. The normalized spacial score (nSPS) is 11.2. The Morgan fingerprint density at radius 2 is 1.80 bits per heavy atom. The third-order valence-corrected chi connectivity index (χ3v) is 3.99. The number of rotatable bonds is 7. The maximum absolute atomic E-state index is 11.8. The zero-order valence-corrected chi connectivity index (χ0v) is 13.0. The highest BCUT2D eigenvalue weighted by Crippen LogP contribution is 2.29. The molecule has 1 aromatic carbocycles. The number of hydrogen-bond acceptors (Lipinski definition) is 4. The summed E-state index contributed by atoms with van der Waals surface area (Å²) < 4.78 is 5.02. The largest absolute Gasteiger partial charge is 0.462 e. The molecule has 0 heterocycles. The summed E-state index contributed by atoms with van der Waals surface area (Å²) in [5.41, 5.74) is 8.02. The highest BCUT2D eigenvalue weighted by Gasteiger charge is 2.24. The second-order valence-electron chi connectivity index (χ2n) is 4.99. The van der Waals surface area contributed by atoms with Crippen LogP contribution in [0, 0.1) is 0 Å². The van der Waals surface area contributed by atoms with E-state index in [0.29, 0.717) is 17.9 Å². The third kappa shape index (κ3) is 3.65. The van der Waals surface area contributed by atoms with Crippen molar-refractivity contribution in [3.8, 4) is 0 Å². The van der Waals surface area contributed by atoms with Crippen molar-refractivity contribution in [1.82, 2.24) is 0 Å². The van der Waals surface area contributed by atoms with Gasteiger partial charge in [-0.1, -0.05) is 20.8 Å². The van der Waals surface area contributed by atoms with Crippen LogP contribution in [-0.2, 0) is 4.74 Å². The molecule has 0 aliphatic carbocycles. The van der Waals surface area contributed by atoms with Crippen LogP contribution in [0.1, 0.15) is 57.3 Å². The molecule has 1 aromatic rings. The molecule has 4 nitrogen and oxygen atoms in total. The molecule has 0 fully saturated rings. The predicted octanol–water partition coefficient (Wildman–Crippen LogP) is 3.83. The van der Waals surface area contributed by atoms with Crippen molar-refractivity contribution in [3.63, 3.8) is 0 Å². The third-order valence-electron chi connectivity index (χ3n) is 3.99. The van der Waals surface area contributed by atoms with Gasteiger partial charge in [-0.15, -0.1) is 0 Å². The highest BCUT2D eigenvalue weighted by molar-refractivity contribution is 5.92. The van der Waals surface area contributed by atoms with Crippen molar-refractivity contribution in [2.45, 2.75) is 52.5 Å². The minimum Gasteiger partial charge on any atom is -0.462 e. The van der Waals surface area contributed by atoms with Gasteiger partial charge in [-0.2, -0.15) is 0 Å². The monoisotopic (exact) mass is 278 g/mol. The number of hydrogen-bond donors (Lipinski definition) is 2. The average molecular weight is 278 g/mol. The standard InChI is InChI=1S/C16H26N2O2/c1-5-16(6-2,7-3)18-14-11-12(9-10-13(14)17)15(19)20-8-4/h9-11,18H,5-8,17H2,1-4H3. The summed E-state index contributed by atoms with van der Waals surface area (Å²) in [6, 6.07) is 5.23. The molecule has 0 aliphatic heterocycles. The second kappa shape index (κ2) is 7.17. The molecule has 0 amide bonds. The van der Waals surface area contributed by atoms with E-state index in [1.165, 1.54) is 0 Å². The van der Waals surface area contributed by atoms with Crippen LogP contribution in [0.2, 0.25) is 0 Å². The number of nitrogen functional groups attached to an aromatic ring is 1. The van der Waals surface area contributed by atoms with Crippen LogP contribution in [-0.4, -0.2) is 18.1 Å². The van der Waals surface area contributed by atoms with Gasteiger partial charge in [0.15, 0.2) is 0 Å². The number of esters is 1. The summed E-state index contributed by atoms with van der Waals surface area (Å²) in [7, 11) is 0. The Morgan fingerprint density at radius 3 is 2.30 bits per heavy atom. The summed E-state index contributed by atoms with van der Waals surface area (Å²) in [5.74, 6) is -0.314. The highest BCUT2D eigenvalue weighted by atomic mass is 16.5. The summed E-state index contributed by atoms with van der Waals surface area (Å²) >= 11 is 0. The van der Waals surface area contributed by atoms with Gasteiger partial charge in [-0.05, 0) is 44.4 Å². The summed E-state index contributed by atoms with van der Waals surface area (Å²) in [6.45, 7) is 8.64. The van der Waals surface area contributed by atoms with Crippen molar-refractivity contribution >= 4 is 17.3 Å². The maximum atomic E-state index is 11.8. The first kappa shape index (κ1) is 16.3. The number of ether oxygens (including phenoxy) is 1. The van der Waals surface area contributed by atoms with Crippen LogP contribution >= 0.6 is 0 Å². The molecule has 1 rings (SSSR count). The molecule has 0 aliphatic rings. The molecule has 4 heteroatoms. The van der Waals surface area contributed by atoms with Gasteiger partial charge in [0.05, 0.1) is 23.5 Å². The van der Waals surface area contributed by atoms with E-state index in [9.17, 15) is 4.79 Å². The number of benzene rings is 1. The van der Waals surface area contributed by atoms with Crippen LogP contribution in [0.3, 0.4) is 0 Å². The van der Waals surface area contributed by atoms with Crippen LogP contribution in [0.25, 0.3) is 0 Å². The molecule has 0 saturated carbocycles. The second-order valence-corrected chi connectivity index (χ2v) is 4.99. The number of carbonyl (C=O) groups is 1. The van der Waals surface area contributed by atoms with E-state index in [-0.39, 0.29) is 11.5 Å². The fraction of sp³-hybridized carbons (Fsp3) is 0.562. The number of nitrogens with one attached hydrogen (secondary N) is 1. The minimum absolute atomic E-state index is 0.0153. The van der Waals surface area contributed by atoms with Gasteiger partial charge in [-0.25, -0.2) is 4.79 Å². The lowest BCUT2D eigenvalue weighted by Crippen LogP contribution is -2.36. The Kier molecular flexibility index (Phi) is 5.86. The molecule has 0 saturated heterocycles. The smallest absolute Gasteiger partial charge is 0.338 e. The molecule has 0 radical (unpaired) electrons. The lowest BCUT2D eigenvalue weighted by Gasteiger charge is -2.33. The van der Waals surface area contributed by atoms with Crippen LogP contribution in [0.4, 0.5) is 11.4 Å². The van der Waals surface area contributed by atoms with Gasteiger partial charge in [0, 0.05) is 5.54 Å². The van der Waals surface area contributed by atoms with Gasteiger partial charge < -0.3 is 15.8 Å². The van der Waals surface area contributed by atoms with Crippen LogP contribution in [0.15, 0.2) is 18.2 Å². The summed E-state index contributed by atoms with van der Waals surface area (Å²) in [6.07, 6.45) is 3.01. The molecular weight excluding hydrogens is 252 g/mol. The summed E-state index contributed by atoms with van der Waals surface area (Å²) in [5, 5.41) is 3.51. The van der Waals surface area contributed by atoms with Crippen molar-refractivity contribution in [2.24, 2.45) is 0 Å². The molecule has 0 spiro atoms. The zero-order chi connectivity index (χ0) is 15.2. The molecule has 0 bridgehead atoms. The first-order chi connectivity index (χ1) is 9.51. The lowest BCUT2D eigenvalue weighted by molar-refractivity contribution is 0.0526. The fourth-order valence-corrected chi connectivity index (χ4v) is 2.31. The summed E-state index contributed by atoms with van der Waals surface area (Å²) in [4.78, 5) is 11.8. The minimum atomic E-state index is -0.314. The Hall–Kier alpha value is -1.71. The molecule has 112 valence electrons. The van der Waals surface area contributed by atoms with E-state index in [1.54, 1.807) is 25.1 Å². The molecule has 3 N–H and O–H groups in total. The van der Waals surface area contributed by atoms with Gasteiger partial charge in [0.1, 0.15) is 0 Å². The average Bonchev–Trinajstić information content (AvgIpc) is 2.47. The topological polar surface area (TPSA) is 64.3 Å². The van der Waals surface area contributed by atoms with Crippen molar-refractivity contribution in [1.29, 1.82) is 0 Å². The van der Waals surface area contributed by atoms with Crippen molar-refractivity contribution in [2.75, 3.05) is 17.7 Å². The Bertz CT molecular complexity index is 446. The fourth-order valence-electron chi connectivity index (χ4n) is 2.31. The Balaban J connectivity index is 3.05. The van der Waals surface area contributed by atoms with E-state index in [4.69, 9.17) is 10.5 Å². The Morgan fingerprint density at radius 1 is 1.20 bits per heavy atom. The van der Waals surface area contributed by atoms with Gasteiger partial charge in [-0.3, -0.25) is 0 Å². The predicted molar refractivity (Wildman–Crippen MR) is 84.0 cm³/mol. The first-order valence-electron chi connectivity index (χ1n) is 7.36. The molecule has 0 unspecified atom stereocenters. The van der Waals surface area contributed by atoms with E-state index >= 15 is 0 Å². The quantitative estimate of drug-likeness (QED) is 0.587. The first-order valence-corrected chi connectivity index (χ1v) is 7.36. The van der Waals surface area contributed by atoms with E-state index < -0.39 is 0 Å². The van der Waals surface area contributed by atoms with Crippen LogP contribution < -0.4 is 11.1 Å². The van der Waals surface area contributed by atoms with Crippen molar-refractivity contribution < 1.29 is 9.53 Å².